The number of hydrogen-bond donors (Lipinski definition) is 1. The second-order valence-corrected chi connectivity index (χ2v) is 8.55. The van der Waals surface area contributed by atoms with Crippen LogP contribution in [0.25, 0.3) is 22.5 Å². The lowest BCUT2D eigenvalue weighted by atomic mass is 10.0. The molecule has 1 N–H and O–H groups in total. The molecule has 2 heterocycles. The van der Waals surface area contributed by atoms with Gasteiger partial charge in [-0.3, -0.25) is 13.8 Å². The minimum Gasteiger partial charge on any atom is -0.350 e. The van der Waals surface area contributed by atoms with E-state index in [-0.39, 0.29) is 11.7 Å². The first kappa shape index (κ1) is 18.9. The van der Waals surface area contributed by atoms with Crippen LogP contribution in [0.1, 0.15) is 45.7 Å². The summed E-state index contributed by atoms with van der Waals surface area (Å²) in [4.78, 5) is 17.8. The Morgan fingerprint density at radius 3 is 2.47 bits per heavy atom. The predicted molar refractivity (Wildman–Crippen MR) is 116 cm³/mol. The molecule has 2 aromatic heterocycles. The Morgan fingerprint density at radius 2 is 1.80 bits per heavy atom. The van der Waals surface area contributed by atoms with Crippen molar-refractivity contribution >= 4 is 22.7 Å². The predicted octanol–water partition coefficient (Wildman–Crippen LogP) is 4.79. The highest BCUT2D eigenvalue weighted by Gasteiger charge is 2.27. The minimum atomic E-state index is -0.338. The number of carbonyl (C=O) groups is 1. The number of rotatable bonds is 4. The molecule has 5 nitrogen and oxygen atoms in total. The number of benzene rings is 2. The summed E-state index contributed by atoms with van der Waals surface area (Å²) in [6.45, 7) is 8.73. The van der Waals surface area contributed by atoms with Crippen molar-refractivity contribution in [2.75, 3.05) is 6.54 Å². The molecule has 2 aromatic carbocycles. The van der Waals surface area contributed by atoms with Crippen molar-refractivity contribution < 1.29 is 9.18 Å². The lowest BCUT2D eigenvalue weighted by molar-refractivity contribution is 0.0945. The van der Waals surface area contributed by atoms with E-state index < -0.39 is 0 Å². The number of hydrogen-bond acceptors (Lipinski definition) is 2. The molecule has 1 saturated carbocycles. The molecule has 0 atom stereocenters. The maximum Gasteiger partial charge on any atom is 0.270 e. The minimum absolute atomic E-state index is 0.160. The maximum absolute atomic E-state index is 14.2. The number of halogens is 1. The first-order valence-electron chi connectivity index (χ1n) is 10.4. The zero-order valence-electron chi connectivity index (χ0n) is 17.7. The van der Waals surface area contributed by atoms with Gasteiger partial charge in [0.1, 0.15) is 11.5 Å². The normalized spacial score (nSPS) is 14.0. The molecule has 6 heteroatoms. The van der Waals surface area contributed by atoms with Crippen LogP contribution < -0.4 is 5.32 Å². The van der Waals surface area contributed by atoms with Crippen molar-refractivity contribution in [3.05, 3.63) is 64.2 Å². The van der Waals surface area contributed by atoms with E-state index in [1.807, 2.05) is 11.5 Å². The first-order chi connectivity index (χ1) is 14.3. The number of aromatic nitrogens is 3. The van der Waals surface area contributed by atoms with Gasteiger partial charge in [-0.25, -0.2) is 9.37 Å². The van der Waals surface area contributed by atoms with Gasteiger partial charge in [0.15, 0.2) is 0 Å². The Bertz CT molecular complexity index is 1300. The summed E-state index contributed by atoms with van der Waals surface area (Å²) in [5.74, 6) is 0.705. The van der Waals surface area contributed by atoms with E-state index in [2.05, 4.69) is 38.2 Å². The van der Waals surface area contributed by atoms with Crippen LogP contribution >= 0.6 is 0 Å². The molecular weight excluding hydrogens is 379 g/mol. The van der Waals surface area contributed by atoms with Crippen LogP contribution in [0.15, 0.2) is 30.3 Å². The highest BCUT2D eigenvalue weighted by molar-refractivity contribution is 5.97. The quantitative estimate of drug-likeness (QED) is 0.532. The second kappa shape index (κ2) is 6.69. The van der Waals surface area contributed by atoms with E-state index in [0.717, 1.165) is 35.2 Å². The van der Waals surface area contributed by atoms with Crippen molar-refractivity contribution in [2.45, 2.75) is 40.5 Å². The van der Waals surface area contributed by atoms with E-state index >= 15 is 0 Å². The van der Waals surface area contributed by atoms with E-state index in [1.165, 1.54) is 17.7 Å². The molecule has 0 saturated heterocycles. The Morgan fingerprint density at radius 1 is 1.10 bits per heavy atom. The van der Waals surface area contributed by atoms with Crippen LogP contribution in [0.5, 0.6) is 0 Å². The molecule has 1 amide bonds. The Hall–Kier alpha value is -3.15. The molecule has 1 fully saturated rings. The summed E-state index contributed by atoms with van der Waals surface area (Å²) in [7, 11) is 0. The monoisotopic (exact) mass is 404 g/mol. The third-order valence-corrected chi connectivity index (χ3v) is 5.98. The zero-order chi connectivity index (χ0) is 21.2. The van der Waals surface area contributed by atoms with Crippen molar-refractivity contribution in [3.8, 4) is 5.69 Å². The third kappa shape index (κ3) is 2.90. The lowest BCUT2D eigenvalue weighted by Gasteiger charge is -2.13. The molecule has 4 aromatic rings. The topological polar surface area (TPSA) is 51.3 Å². The summed E-state index contributed by atoms with van der Waals surface area (Å²) >= 11 is 0. The summed E-state index contributed by atoms with van der Waals surface area (Å²) in [5.41, 5.74) is 7.00. The molecule has 0 aliphatic heterocycles. The van der Waals surface area contributed by atoms with E-state index in [4.69, 9.17) is 4.98 Å². The number of nitrogens with zero attached hydrogens (tertiary/aromatic N) is 3. The Kier molecular flexibility index (Phi) is 4.20. The number of nitrogens with one attached hydrogen (secondary N) is 1. The largest absolute Gasteiger partial charge is 0.350 e. The SMILES string of the molecule is Cc1cc(C)c(-n2c3ccc(F)cc3n3c(C(=O)NCC4CC4)c(C)nc23)c(C)c1. The van der Waals surface area contributed by atoms with Crippen molar-refractivity contribution in [1.29, 1.82) is 0 Å². The Labute approximate surface area is 174 Å². The fourth-order valence-corrected chi connectivity index (χ4v) is 4.52. The zero-order valence-corrected chi connectivity index (χ0v) is 17.7. The van der Waals surface area contributed by atoms with Crippen LogP contribution in [-0.4, -0.2) is 26.4 Å². The second-order valence-electron chi connectivity index (χ2n) is 8.55. The van der Waals surface area contributed by atoms with Crippen LogP contribution in [0, 0.1) is 39.4 Å². The average Bonchev–Trinajstić information content (AvgIpc) is 3.38. The number of fused-ring (bicyclic) bond motifs is 3. The molecule has 0 spiro atoms. The van der Waals surface area contributed by atoms with Crippen molar-refractivity contribution in [2.24, 2.45) is 5.92 Å². The van der Waals surface area contributed by atoms with Gasteiger partial charge in [-0.05, 0) is 69.7 Å². The smallest absolute Gasteiger partial charge is 0.270 e. The van der Waals surface area contributed by atoms with Crippen LogP contribution in [0.4, 0.5) is 4.39 Å². The van der Waals surface area contributed by atoms with E-state index in [9.17, 15) is 9.18 Å². The van der Waals surface area contributed by atoms with Gasteiger partial charge in [0.05, 0.1) is 22.4 Å². The molecule has 1 aliphatic rings. The first-order valence-corrected chi connectivity index (χ1v) is 10.4. The average molecular weight is 404 g/mol. The molecule has 0 radical (unpaired) electrons. The molecule has 0 unspecified atom stereocenters. The van der Waals surface area contributed by atoms with Crippen LogP contribution in [-0.2, 0) is 0 Å². The van der Waals surface area contributed by atoms with Crippen LogP contribution in [0.3, 0.4) is 0 Å². The van der Waals surface area contributed by atoms with Gasteiger partial charge < -0.3 is 5.32 Å². The maximum atomic E-state index is 14.2. The van der Waals surface area contributed by atoms with Gasteiger partial charge in [0.25, 0.3) is 5.91 Å². The fraction of sp³-hybridized carbons (Fsp3) is 0.333. The summed E-state index contributed by atoms with van der Waals surface area (Å²) in [6, 6.07) is 8.97. The van der Waals surface area contributed by atoms with Gasteiger partial charge in [-0.1, -0.05) is 17.7 Å². The van der Waals surface area contributed by atoms with Gasteiger partial charge in [0.2, 0.25) is 5.78 Å². The highest BCUT2D eigenvalue weighted by Crippen LogP contribution is 2.32. The number of aryl methyl sites for hydroxylation is 4. The summed E-state index contributed by atoms with van der Waals surface area (Å²) in [5, 5.41) is 3.04. The van der Waals surface area contributed by atoms with Gasteiger partial charge in [-0.15, -0.1) is 0 Å². The molecule has 30 heavy (non-hydrogen) atoms. The number of carbonyl (C=O) groups excluding carboxylic acids is 1. The number of imidazole rings is 2. The third-order valence-electron chi connectivity index (χ3n) is 5.98. The van der Waals surface area contributed by atoms with E-state index in [1.54, 1.807) is 10.5 Å². The van der Waals surface area contributed by atoms with Gasteiger partial charge in [0, 0.05) is 12.6 Å². The fourth-order valence-electron chi connectivity index (χ4n) is 4.52. The molecule has 0 bridgehead atoms. The number of amides is 1. The van der Waals surface area contributed by atoms with Gasteiger partial charge >= 0.3 is 0 Å². The highest BCUT2D eigenvalue weighted by atomic mass is 19.1. The Balaban J connectivity index is 1.81. The molecule has 1 aliphatic carbocycles. The standard InChI is InChI=1S/C24H25FN4O/c1-13-9-14(2)21(15(3)10-13)28-19-8-7-18(25)11-20(19)29-22(16(4)27-24(28)29)23(30)26-12-17-5-6-17/h7-11,17H,5-6,12H2,1-4H3,(H,26,30). The lowest BCUT2D eigenvalue weighted by Crippen LogP contribution is -2.27. The molecule has 154 valence electrons. The molecule has 5 rings (SSSR count). The summed E-state index contributed by atoms with van der Waals surface area (Å²) in [6.07, 6.45) is 2.33. The molecular formula is C24H25FN4O. The van der Waals surface area contributed by atoms with Gasteiger partial charge in [-0.2, -0.15) is 0 Å². The summed E-state index contributed by atoms with van der Waals surface area (Å²) < 4.78 is 18.1. The van der Waals surface area contributed by atoms with Crippen LogP contribution in [0.2, 0.25) is 0 Å². The van der Waals surface area contributed by atoms with Crippen molar-refractivity contribution in [1.82, 2.24) is 19.3 Å². The van der Waals surface area contributed by atoms with Crippen molar-refractivity contribution in [3.63, 3.8) is 0 Å². The van der Waals surface area contributed by atoms with E-state index in [0.29, 0.717) is 35.1 Å².